The molecule has 5 nitrogen and oxygen atoms in total. The highest BCUT2D eigenvalue weighted by Gasteiger charge is 2.05. The van der Waals surface area contributed by atoms with E-state index < -0.39 is 0 Å². The molecule has 0 aliphatic carbocycles. The Balaban J connectivity index is 0.00000312. The molecule has 0 amide bonds. The van der Waals surface area contributed by atoms with Gasteiger partial charge in [0.1, 0.15) is 5.75 Å². The lowest BCUT2D eigenvalue weighted by Crippen LogP contribution is -2.36. The summed E-state index contributed by atoms with van der Waals surface area (Å²) in [7, 11) is 3.41. The van der Waals surface area contributed by atoms with E-state index in [1.54, 1.807) is 14.2 Å². The van der Waals surface area contributed by atoms with Crippen LogP contribution < -0.4 is 15.4 Å². The Morgan fingerprint density at radius 3 is 2.40 bits per heavy atom. The summed E-state index contributed by atoms with van der Waals surface area (Å²) in [4.78, 5) is 4.23. The third kappa shape index (κ3) is 6.27. The average Bonchev–Trinajstić information content (AvgIpc) is 2.63. The minimum absolute atomic E-state index is 0. The molecule has 0 fully saturated rings. The number of nitrogens with zero attached hydrogens (tertiary/aromatic N) is 2. The number of rotatable bonds is 5. The molecule has 0 spiro atoms. The van der Waals surface area contributed by atoms with Gasteiger partial charge < -0.3 is 15.4 Å². The van der Waals surface area contributed by atoms with Crippen LogP contribution in [-0.2, 0) is 13.1 Å². The molecule has 0 heterocycles. The summed E-state index contributed by atoms with van der Waals surface area (Å²) in [6.07, 6.45) is 0. The number of hydrogen-bond donors (Lipinski definition) is 2. The third-order valence-electron chi connectivity index (χ3n) is 3.66. The van der Waals surface area contributed by atoms with E-state index in [1.165, 1.54) is 5.56 Å². The summed E-state index contributed by atoms with van der Waals surface area (Å²) in [6.45, 7) is 3.30. The first-order valence-corrected chi connectivity index (χ1v) is 7.73. The van der Waals surface area contributed by atoms with E-state index in [0.717, 1.165) is 16.9 Å². The first kappa shape index (κ1) is 20.8. The molecular weight excluding hydrogens is 427 g/mol. The molecule has 2 rings (SSSR count). The Kier molecular flexibility index (Phi) is 8.78. The number of nitrogens with one attached hydrogen (secondary N) is 2. The first-order valence-electron chi connectivity index (χ1n) is 7.73. The van der Waals surface area contributed by atoms with E-state index in [4.69, 9.17) is 10.00 Å². The van der Waals surface area contributed by atoms with Gasteiger partial charge in [-0.1, -0.05) is 24.3 Å². The number of aliphatic imine (C=N–C) groups is 1. The zero-order valence-corrected chi connectivity index (χ0v) is 17.0. The van der Waals surface area contributed by atoms with Crippen molar-refractivity contribution >= 4 is 29.9 Å². The number of ether oxygens (including phenoxy) is 1. The van der Waals surface area contributed by atoms with Crippen LogP contribution in [0.25, 0.3) is 0 Å². The lowest BCUT2D eigenvalue weighted by atomic mass is 10.1. The van der Waals surface area contributed by atoms with Crippen molar-refractivity contribution in [3.8, 4) is 11.8 Å². The molecule has 0 radical (unpaired) electrons. The maximum atomic E-state index is 8.82. The summed E-state index contributed by atoms with van der Waals surface area (Å²) in [5.41, 5.74) is 3.99. The fourth-order valence-electron chi connectivity index (χ4n) is 2.28. The van der Waals surface area contributed by atoms with Gasteiger partial charge in [0.15, 0.2) is 5.96 Å². The van der Waals surface area contributed by atoms with E-state index in [1.807, 2.05) is 37.3 Å². The van der Waals surface area contributed by atoms with Gasteiger partial charge in [0.2, 0.25) is 0 Å². The van der Waals surface area contributed by atoms with E-state index in [0.29, 0.717) is 24.6 Å². The van der Waals surface area contributed by atoms with Crippen molar-refractivity contribution < 1.29 is 4.74 Å². The van der Waals surface area contributed by atoms with Crippen molar-refractivity contribution in [3.63, 3.8) is 0 Å². The number of guanidine groups is 1. The maximum absolute atomic E-state index is 8.82. The SMILES string of the molecule is CN=C(NCc1ccc(C#N)cc1)NCc1ccc(C)cc1OC.I. The predicted molar refractivity (Wildman–Crippen MR) is 111 cm³/mol. The van der Waals surface area contributed by atoms with Crippen LogP contribution in [0.15, 0.2) is 47.5 Å². The molecule has 25 heavy (non-hydrogen) atoms. The van der Waals surface area contributed by atoms with Crippen molar-refractivity contribution in [2.45, 2.75) is 20.0 Å². The van der Waals surface area contributed by atoms with E-state index in [2.05, 4.69) is 33.8 Å². The highest BCUT2D eigenvalue weighted by Crippen LogP contribution is 2.19. The molecule has 2 N–H and O–H groups in total. The van der Waals surface area contributed by atoms with Crippen LogP contribution in [0.1, 0.15) is 22.3 Å². The van der Waals surface area contributed by atoms with Crippen LogP contribution in [-0.4, -0.2) is 20.1 Å². The van der Waals surface area contributed by atoms with Gasteiger partial charge in [0.25, 0.3) is 0 Å². The predicted octanol–water partition coefficient (Wildman–Crippen LogP) is 3.36. The van der Waals surface area contributed by atoms with Crippen LogP contribution in [0.4, 0.5) is 0 Å². The van der Waals surface area contributed by atoms with E-state index >= 15 is 0 Å². The largest absolute Gasteiger partial charge is 0.496 e. The fourth-order valence-corrected chi connectivity index (χ4v) is 2.28. The number of halogens is 1. The highest BCUT2D eigenvalue weighted by atomic mass is 127. The second kappa shape index (κ2) is 10.6. The summed E-state index contributed by atoms with van der Waals surface area (Å²) in [5.74, 6) is 1.58. The van der Waals surface area contributed by atoms with Gasteiger partial charge in [-0.15, -0.1) is 24.0 Å². The van der Waals surface area contributed by atoms with E-state index in [-0.39, 0.29) is 24.0 Å². The van der Waals surface area contributed by atoms with Gasteiger partial charge in [-0.25, -0.2) is 0 Å². The van der Waals surface area contributed by atoms with Crippen LogP contribution in [0.2, 0.25) is 0 Å². The Labute approximate surface area is 166 Å². The van der Waals surface area contributed by atoms with Crippen LogP contribution in [0, 0.1) is 18.3 Å². The van der Waals surface area contributed by atoms with Gasteiger partial charge >= 0.3 is 0 Å². The molecular formula is C19H23IN4O. The molecule has 0 saturated heterocycles. The summed E-state index contributed by atoms with van der Waals surface area (Å²) in [5, 5.41) is 15.4. The van der Waals surface area contributed by atoms with Crippen molar-refractivity contribution in [3.05, 3.63) is 64.7 Å². The van der Waals surface area contributed by atoms with Crippen molar-refractivity contribution in [1.82, 2.24) is 10.6 Å². The summed E-state index contributed by atoms with van der Waals surface area (Å²) < 4.78 is 5.42. The average molecular weight is 450 g/mol. The lowest BCUT2D eigenvalue weighted by Gasteiger charge is -2.14. The lowest BCUT2D eigenvalue weighted by molar-refractivity contribution is 0.408. The molecule has 0 aromatic heterocycles. The van der Waals surface area contributed by atoms with Gasteiger partial charge in [-0.2, -0.15) is 5.26 Å². The Morgan fingerprint density at radius 2 is 1.80 bits per heavy atom. The van der Waals surface area contributed by atoms with Crippen molar-refractivity contribution in [2.24, 2.45) is 4.99 Å². The van der Waals surface area contributed by atoms with Gasteiger partial charge in [-0.05, 0) is 36.2 Å². The number of hydrogen-bond acceptors (Lipinski definition) is 3. The minimum Gasteiger partial charge on any atom is -0.496 e. The Hall–Kier alpha value is -2.27. The monoisotopic (exact) mass is 450 g/mol. The molecule has 0 aliphatic rings. The molecule has 2 aromatic rings. The number of aryl methyl sites for hydroxylation is 1. The number of methoxy groups -OCH3 is 1. The maximum Gasteiger partial charge on any atom is 0.191 e. The minimum atomic E-state index is 0. The quantitative estimate of drug-likeness (QED) is 0.417. The van der Waals surface area contributed by atoms with Crippen molar-refractivity contribution in [2.75, 3.05) is 14.2 Å². The van der Waals surface area contributed by atoms with Crippen LogP contribution in [0.5, 0.6) is 5.75 Å². The second-order valence-corrected chi connectivity index (χ2v) is 5.40. The van der Waals surface area contributed by atoms with Gasteiger partial charge in [0.05, 0.1) is 18.7 Å². The Morgan fingerprint density at radius 1 is 1.12 bits per heavy atom. The summed E-state index contributed by atoms with van der Waals surface area (Å²) >= 11 is 0. The molecule has 2 aromatic carbocycles. The van der Waals surface area contributed by atoms with Crippen LogP contribution in [0.3, 0.4) is 0 Å². The number of benzene rings is 2. The molecule has 132 valence electrons. The van der Waals surface area contributed by atoms with E-state index in [9.17, 15) is 0 Å². The van der Waals surface area contributed by atoms with Gasteiger partial charge in [-0.3, -0.25) is 4.99 Å². The summed E-state index contributed by atoms with van der Waals surface area (Å²) in [6, 6.07) is 15.7. The second-order valence-electron chi connectivity index (χ2n) is 5.40. The standard InChI is InChI=1S/C19H22N4O.HI/c1-14-4-9-17(18(10-14)24-3)13-23-19(21-2)22-12-16-7-5-15(11-20)6-8-16;/h4-10H,12-13H2,1-3H3,(H2,21,22,23);1H. The third-order valence-corrected chi connectivity index (χ3v) is 3.66. The molecule has 0 saturated carbocycles. The normalized spacial score (nSPS) is 10.4. The topological polar surface area (TPSA) is 69.4 Å². The smallest absolute Gasteiger partial charge is 0.191 e. The Bertz CT molecular complexity index is 751. The number of nitriles is 1. The zero-order valence-electron chi connectivity index (χ0n) is 14.7. The zero-order chi connectivity index (χ0) is 17.4. The molecule has 0 unspecified atom stereocenters. The molecule has 6 heteroatoms. The highest BCUT2D eigenvalue weighted by molar-refractivity contribution is 14.0. The molecule has 0 bridgehead atoms. The van der Waals surface area contributed by atoms with Gasteiger partial charge in [0, 0.05) is 25.7 Å². The first-order chi connectivity index (χ1) is 11.7. The van der Waals surface area contributed by atoms with Crippen LogP contribution >= 0.6 is 24.0 Å². The molecule has 0 atom stereocenters. The fraction of sp³-hybridized carbons (Fsp3) is 0.263. The molecule has 0 aliphatic heterocycles. The van der Waals surface area contributed by atoms with Crippen molar-refractivity contribution in [1.29, 1.82) is 5.26 Å².